The maximum Gasteiger partial charge on any atom is 0.222 e. The van der Waals surface area contributed by atoms with Crippen molar-refractivity contribution in [3.8, 4) is 0 Å². The van der Waals surface area contributed by atoms with Gasteiger partial charge < -0.3 is 5.32 Å². The van der Waals surface area contributed by atoms with Crippen LogP contribution < -0.4 is 5.32 Å². The Morgan fingerprint density at radius 2 is 1.00 bits per heavy atom. The molecule has 35 heavy (non-hydrogen) atoms. The number of ketones is 1. The summed E-state index contributed by atoms with van der Waals surface area (Å²) in [5.41, 5.74) is 0. The normalized spacial score (nSPS) is 10.5. The third kappa shape index (κ3) is 50.3. The molecule has 0 aromatic rings. The van der Waals surface area contributed by atoms with Crippen molar-refractivity contribution in [2.75, 3.05) is 6.54 Å². The van der Waals surface area contributed by atoms with Gasteiger partial charge >= 0.3 is 0 Å². The molecule has 0 saturated heterocycles. The van der Waals surface area contributed by atoms with Crippen LogP contribution in [0.15, 0.2) is 36.5 Å². The molecule has 0 saturated carbocycles. The minimum Gasteiger partial charge on any atom is -0.352 e. The first-order valence-corrected chi connectivity index (χ1v) is 12.0. The Balaban J connectivity index is -0.0000000642. The number of nitrogens with one attached hydrogen (secondary N) is 1. The number of amides is 1. The van der Waals surface area contributed by atoms with E-state index in [1.165, 1.54) is 6.42 Å². The molecule has 0 heterocycles. The van der Waals surface area contributed by atoms with Crippen LogP contribution in [0.25, 0.3) is 0 Å². The highest BCUT2D eigenvalue weighted by Gasteiger charge is 2.03. The highest BCUT2D eigenvalue weighted by atomic mass is 16.1. The molecule has 3 nitrogen and oxygen atoms in total. The lowest BCUT2D eigenvalue weighted by Crippen LogP contribution is -2.27. The zero-order valence-corrected chi connectivity index (χ0v) is 22.7. The second-order valence-corrected chi connectivity index (χ2v) is 10.0. The average molecular weight is 500 g/mol. The van der Waals surface area contributed by atoms with Gasteiger partial charge in [0.05, 0.1) is 0 Å². The minimum atomic E-state index is 0. The summed E-state index contributed by atoms with van der Waals surface area (Å²) < 4.78 is 0. The van der Waals surface area contributed by atoms with Gasteiger partial charge in [0.15, 0.2) is 5.78 Å². The summed E-state index contributed by atoms with van der Waals surface area (Å²) in [4.78, 5) is 22.0. The van der Waals surface area contributed by atoms with E-state index in [9.17, 15) is 9.59 Å². The summed E-state index contributed by atoms with van der Waals surface area (Å²) in [6.07, 6.45) is 13.4. The van der Waals surface area contributed by atoms with E-state index >= 15 is 0 Å². The lowest BCUT2D eigenvalue weighted by Gasteiger charge is -2.04. The molecule has 0 aliphatic rings. The molecular weight excluding hydrogens is 430 g/mol. The van der Waals surface area contributed by atoms with Gasteiger partial charge in [0.25, 0.3) is 0 Å². The molecule has 1 amide bonds. The van der Waals surface area contributed by atoms with Crippen molar-refractivity contribution in [2.45, 2.75) is 119 Å². The van der Waals surface area contributed by atoms with E-state index in [-0.39, 0.29) is 53.2 Å². The van der Waals surface area contributed by atoms with Crippen LogP contribution in [0.1, 0.15) is 119 Å². The Bertz CT molecular complexity index is 522. The highest BCUT2D eigenvalue weighted by Crippen LogP contribution is 2.02. The van der Waals surface area contributed by atoms with Crippen LogP contribution in [0.5, 0.6) is 0 Å². The Hall–Kier alpha value is -1.64. The lowest BCUT2D eigenvalue weighted by atomic mass is 10.1. The number of hydrogen-bond acceptors (Lipinski definition) is 2. The quantitative estimate of drug-likeness (QED) is 0.240. The highest BCUT2D eigenvalue weighted by molar-refractivity contribution is 5.91. The molecule has 0 aliphatic heterocycles. The monoisotopic (exact) mass is 500 g/mol. The number of rotatable bonds is 10. The zero-order valence-electron chi connectivity index (χ0n) is 22.7. The smallest absolute Gasteiger partial charge is 0.222 e. The molecular formula is C32H69NO2. The average Bonchev–Trinajstić information content (AvgIpc) is 2.63. The predicted octanol–water partition coefficient (Wildman–Crippen LogP) is 10.2. The van der Waals surface area contributed by atoms with Crippen LogP contribution in [-0.4, -0.2) is 18.2 Å². The second-order valence-electron chi connectivity index (χ2n) is 10.0. The van der Waals surface area contributed by atoms with E-state index in [1.807, 2.05) is 39.8 Å². The van der Waals surface area contributed by atoms with Crippen LogP contribution in [0, 0.1) is 35.5 Å². The van der Waals surface area contributed by atoms with Gasteiger partial charge in [-0.1, -0.05) is 143 Å². The Labute approximate surface area is 224 Å². The molecule has 214 valence electrons. The zero-order chi connectivity index (χ0) is 25.0. The summed E-state index contributed by atoms with van der Waals surface area (Å²) in [5, 5.41) is 2.81. The number of allylic oxidation sites excluding steroid dienone is 5. The van der Waals surface area contributed by atoms with Crippen molar-refractivity contribution in [1.29, 1.82) is 0 Å². The number of carbonyl (C=O) groups is 2. The fraction of sp³-hybridized carbons (Fsp3) is 0.750. The molecule has 0 rings (SSSR count). The fourth-order valence-corrected chi connectivity index (χ4v) is 1.81. The minimum absolute atomic E-state index is 0. The van der Waals surface area contributed by atoms with Crippen LogP contribution in [0.4, 0.5) is 0 Å². The SMILES string of the molecule is C.C.C.C.CC(C)/C=C/C(=O)C(C)C.CC(C)/C=C/CC(C)C.CC(C)/C=C/CNC(=O)C(C)C. The van der Waals surface area contributed by atoms with E-state index in [0.717, 1.165) is 5.92 Å². The molecule has 0 radical (unpaired) electrons. The Morgan fingerprint density at radius 1 is 0.600 bits per heavy atom. The number of hydrogen-bond donors (Lipinski definition) is 1. The molecule has 0 aliphatic carbocycles. The third-order valence-electron chi connectivity index (χ3n) is 3.78. The molecule has 0 atom stereocenters. The van der Waals surface area contributed by atoms with E-state index in [0.29, 0.717) is 24.3 Å². The predicted molar refractivity (Wildman–Crippen MR) is 166 cm³/mol. The van der Waals surface area contributed by atoms with Gasteiger partial charge in [-0.25, -0.2) is 0 Å². The van der Waals surface area contributed by atoms with Gasteiger partial charge in [0.2, 0.25) is 5.91 Å². The van der Waals surface area contributed by atoms with E-state index in [2.05, 4.69) is 78.9 Å². The Morgan fingerprint density at radius 3 is 1.31 bits per heavy atom. The fourth-order valence-electron chi connectivity index (χ4n) is 1.81. The maximum absolute atomic E-state index is 11.0. The van der Waals surface area contributed by atoms with Crippen molar-refractivity contribution in [3.63, 3.8) is 0 Å². The largest absolute Gasteiger partial charge is 0.352 e. The van der Waals surface area contributed by atoms with Gasteiger partial charge in [-0.05, 0) is 36.2 Å². The first-order valence-electron chi connectivity index (χ1n) is 12.0. The number of carbonyl (C=O) groups excluding carboxylic acids is 2. The van der Waals surface area contributed by atoms with Crippen molar-refractivity contribution < 1.29 is 9.59 Å². The van der Waals surface area contributed by atoms with Gasteiger partial charge in [-0.2, -0.15) is 0 Å². The van der Waals surface area contributed by atoms with Crippen molar-refractivity contribution in [3.05, 3.63) is 36.5 Å². The first kappa shape index (κ1) is 50.3. The molecule has 0 spiro atoms. The van der Waals surface area contributed by atoms with Gasteiger partial charge in [0, 0.05) is 18.4 Å². The van der Waals surface area contributed by atoms with Gasteiger partial charge in [-0.15, -0.1) is 0 Å². The summed E-state index contributed by atoms with van der Waals surface area (Å²) in [7, 11) is 0. The third-order valence-corrected chi connectivity index (χ3v) is 3.78. The summed E-state index contributed by atoms with van der Waals surface area (Å²) >= 11 is 0. The summed E-state index contributed by atoms with van der Waals surface area (Å²) in [6.45, 7) is 25.5. The van der Waals surface area contributed by atoms with E-state index in [1.54, 1.807) is 6.08 Å². The molecule has 0 bridgehead atoms. The molecule has 0 fully saturated rings. The van der Waals surface area contributed by atoms with Crippen LogP contribution in [-0.2, 0) is 9.59 Å². The van der Waals surface area contributed by atoms with Crippen molar-refractivity contribution in [1.82, 2.24) is 5.32 Å². The van der Waals surface area contributed by atoms with Crippen LogP contribution in [0.2, 0.25) is 0 Å². The van der Waals surface area contributed by atoms with Gasteiger partial charge in [0.1, 0.15) is 0 Å². The molecule has 1 N–H and O–H groups in total. The first-order chi connectivity index (χ1) is 14.2. The van der Waals surface area contributed by atoms with E-state index in [4.69, 9.17) is 0 Å². The van der Waals surface area contributed by atoms with Crippen LogP contribution >= 0.6 is 0 Å². The van der Waals surface area contributed by atoms with Crippen molar-refractivity contribution in [2.24, 2.45) is 35.5 Å². The van der Waals surface area contributed by atoms with Crippen molar-refractivity contribution >= 4 is 11.7 Å². The Kier molecular flexibility index (Phi) is 46.5. The topological polar surface area (TPSA) is 46.2 Å². The molecule has 0 aromatic heterocycles. The second kappa shape index (κ2) is 32.4. The molecule has 0 unspecified atom stereocenters. The van der Waals surface area contributed by atoms with Gasteiger partial charge in [-0.3, -0.25) is 9.59 Å². The maximum atomic E-state index is 11.0. The molecule has 3 heteroatoms. The van der Waals surface area contributed by atoms with E-state index < -0.39 is 0 Å². The van der Waals surface area contributed by atoms with Crippen LogP contribution in [0.3, 0.4) is 0 Å². The summed E-state index contributed by atoms with van der Waals surface area (Å²) in [5.74, 6) is 3.09. The molecule has 0 aromatic carbocycles. The lowest BCUT2D eigenvalue weighted by molar-refractivity contribution is -0.123. The standard InChI is InChI=1S/C10H19NO.C9H16O.C9H18.4CH4/c1-8(2)6-5-7-11-10(12)9(3)4;1-7(2)5-6-9(10)8(3)4;1-8(2)6-5-7-9(3)4;;;;/h5-6,8-9H,7H2,1-4H3,(H,11,12);5-8H,1-4H3;5-6,8-9H,7H2,1-4H3;4*1H4/b3*6-5+;;;;. The summed E-state index contributed by atoms with van der Waals surface area (Å²) in [6, 6.07) is 0.